The van der Waals surface area contributed by atoms with Crippen molar-refractivity contribution in [3.05, 3.63) is 42.0 Å². The van der Waals surface area contributed by atoms with E-state index in [-0.39, 0.29) is 5.82 Å². The number of rotatable bonds is 6. The second kappa shape index (κ2) is 6.71. The molecule has 0 saturated heterocycles. The number of aromatic nitrogens is 3. The van der Waals surface area contributed by atoms with Gasteiger partial charge in [0.1, 0.15) is 12.1 Å². The number of benzene rings is 1. The molecule has 1 heterocycles. The third-order valence-electron chi connectivity index (χ3n) is 2.93. The second-order valence-corrected chi connectivity index (χ2v) is 5.90. The summed E-state index contributed by atoms with van der Waals surface area (Å²) in [5.41, 5.74) is 1.05. The van der Waals surface area contributed by atoms with Crippen LogP contribution in [0.25, 0.3) is 0 Å². The normalized spacial score (nSPS) is 12.8. The van der Waals surface area contributed by atoms with Crippen molar-refractivity contribution in [3.8, 4) is 0 Å². The van der Waals surface area contributed by atoms with Gasteiger partial charge < -0.3 is 9.47 Å². The van der Waals surface area contributed by atoms with Crippen LogP contribution in [0.4, 0.5) is 4.39 Å². The molecule has 0 aliphatic rings. The van der Waals surface area contributed by atoms with Crippen LogP contribution in [0.15, 0.2) is 35.7 Å². The van der Waals surface area contributed by atoms with E-state index in [0.717, 1.165) is 18.7 Å². The molecule has 0 amide bonds. The summed E-state index contributed by atoms with van der Waals surface area (Å²) < 4.78 is 26.0. The van der Waals surface area contributed by atoms with Gasteiger partial charge in [0, 0.05) is 25.9 Å². The summed E-state index contributed by atoms with van der Waals surface area (Å²) in [7, 11) is 0.847. The molecule has 0 N–H and O–H groups in total. The third-order valence-corrected chi connectivity index (χ3v) is 3.76. The van der Waals surface area contributed by atoms with Crippen LogP contribution in [-0.2, 0) is 23.9 Å². The standard InChI is InChI=1S/C13H17FN4OS/c1-17(9-11-3-5-12(14)6-4-11)7-8-18-10-15-16-13(18)20(2)19/h3-6,10H,7-9H2,1-2H3/t20-/m0/s1. The predicted octanol–water partition coefficient (Wildman–Crippen LogP) is 1.29. The SMILES string of the molecule is CN(CCn1cnnc1[S@](C)=O)Cc1ccc(F)cc1. The van der Waals surface area contributed by atoms with Gasteiger partial charge in [-0.1, -0.05) is 12.1 Å². The minimum atomic E-state index is -1.14. The van der Waals surface area contributed by atoms with Gasteiger partial charge in [-0.05, 0) is 24.7 Å². The Balaban J connectivity index is 1.89. The van der Waals surface area contributed by atoms with Gasteiger partial charge in [-0.15, -0.1) is 10.2 Å². The smallest absolute Gasteiger partial charge is 0.221 e. The highest BCUT2D eigenvalue weighted by Crippen LogP contribution is 2.06. The molecular weight excluding hydrogens is 279 g/mol. The summed E-state index contributed by atoms with van der Waals surface area (Å²) in [4.78, 5) is 2.11. The van der Waals surface area contributed by atoms with Crippen molar-refractivity contribution in [1.82, 2.24) is 19.7 Å². The van der Waals surface area contributed by atoms with E-state index in [9.17, 15) is 8.60 Å². The zero-order valence-electron chi connectivity index (χ0n) is 11.5. The van der Waals surface area contributed by atoms with Crippen LogP contribution in [0.3, 0.4) is 0 Å². The van der Waals surface area contributed by atoms with Crippen molar-refractivity contribution in [3.63, 3.8) is 0 Å². The highest BCUT2D eigenvalue weighted by molar-refractivity contribution is 7.84. The zero-order valence-corrected chi connectivity index (χ0v) is 12.3. The quantitative estimate of drug-likeness (QED) is 0.806. The van der Waals surface area contributed by atoms with E-state index in [0.29, 0.717) is 11.7 Å². The Kier molecular flexibility index (Phi) is 4.97. The largest absolute Gasteiger partial charge is 0.305 e. The summed E-state index contributed by atoms with van der Waals surface area (Å²) in [5, 5.41) is 8.10. The number of halogens is 1. The third kappa shape index (κ3) is 3.94. The molecule has 0 aliphatic carbocycles. The molecule has 0 radical (unpaired) electrons. The Morgan fingerprint density at radius 1 is 1.35 bits per heavy atom. The summed E-state index contributed by atoms with van der Waals surface area (Å²) in [6.07, 6.45) is 3.17. The Bertz CT molecular complexity index is 584. The van der Waals surface area contributed by atoms with Gasteiger partial charge in [0.15, 0.2) is 0 Å². The molecule has 7 heteroatoms. The first-order valence-corrected chi connectivity index (χ1v) is 7.76. The van der Waals surface area contributed by atoms with E-state index in [4.69, 9.17) is 0 Å². The lowest BCUT2D eigenvalue weighted by Crippen LogP contribution is -2.23. The lowest BCUT2D eigenvalue weighted by atomic mass is 10.2. The molecule has 0 fully saturated rings. The van der Waals surface area contributed by atoms with Crippen LogP contribution in [0.5, 0.6) is 0 Å². The van der Waals surface area contributed by atoms with E-state index < -0.39 is 10.8 Å². The van der Waals surface area contributed by atoms with E-state index in [1.165, 1.54) is 12.1 Å². The molecule has 1 atom stereocenters. The van der Waals surface area contributed by atoms with E-state index in [1.807, 2.05) is 7.05 Å². The maximum Gasteiger partial charge on any atom is 0.221 e. The van der Waals surface area contributed by atoms with Gasteiger partial charge in [-0.3, -0.25) is 4.21 Å². The van der Waals surface area contributed by atoms with Gasteiger partial charge in [-0.25, -0.2) is 4.39 Å². The maximum absolute atomic E-state index is 12.8. The van der Waals surface area contributed by atoms with Crippen molar-refractivity contribution < 1.29 is 8.60 Å². The molecule has 1 aromatic carbocycles. The second-order valence-electron chi connectivity index (χ2n) is 4.63. The number of likely N-dealkylation sites (N-methyl/N-ethyl adjacent to an activating group) is 1. The van der Waals surface area contributed by atoms with E-state index in [1.54, 1.807) is 29.3 Å². The van der Waals surface area contributed by atoms with Gasteiger partial charge in [0.05, 0.1) is 10.8 Å². The molecule has 5 nitrogen and oxygen atoms in total. The minimum Gasteiger partial charge on any atom is -0.305 e. The van der Waals surface area contributed by atoms with Crippen molar-refractivity contribution in [2.45, 2.75) is 18.2 Å². The molecule has 0 saturated carbocycles. The molecule has 2 aromatic rings. The first kappa shape index (κ1) is 14.8. The monoisotopic (exact) mass is 296 g/mol. The van der Waals surface area contributed by atoms with Crippen molar-refractivity contribution in [2.24, 2.45) is 0 Å². The lowest BCUT2D eigenvalue weighted by molar-refractivity contribution is 0.307. The molecule has 0 unspecified atom stereocenters. The van der Waals surface area contributed by atoms with Gasteiger partial charge in [0.25, 0.3) is 0 Å². The number of nitrogens with zero attached hydrogens (tertiary/aromatic N) is 4. The predicted molar refractivity (Wildman–Crippen MR) is 75.1 cm³/mol. The van der Waals surface area contributed by atoms with Crippen molar-refractivity contribution >= 4 is 10.8 Å². The van der Waals surface area contributed by atoms with Gasteiger partial charge in [0.2, 0.25) is 5.16 Å². The van der Waals surface area contributed by atoms with Crippen LogP contribution in [0.2, 0.25) is 0 Å². The molecule has 2 rings (SSSR count). The molecule has 0 aliphatic heterocycles. The summed E-state index contributed by atoms with van der Waals surface area (Å²) in [6.45, 7) is 2.16. The van der Waals surface area contributed by atoms with Crippen LogP contribution in [-0.4, -0.2) is 43.7 Å². The zero-order chi connectivity index (χ0) is 14.5. The van der Waals surface area contributed by atoms with Crippen LogP contribution in [0.1, 0.15) is 5.56 Å². The Hall–Kier alpha value is -1.60. The topological polar surface area (TPSA) is 51.0 Å². The van der Waals surface area contributed by atoms with Gasteiger partial charge >= 0.3 is 0 Å². The van der Waals surface area contributed by atoms with Crippen LogP contribution >= 0.6 is 0 Å². The van der Waals surface area contributed by atoms with Crippen LogP contribution < -0.4 is 0 Å². The van der Waals surface area contributed by atoms with E-state index in [2.05, 4.69) is 15.1 Å². The average Bonchev–Trinajstić information content (AvgIpc) is 2.88. The lowest BCUT2D eigenvalue weighted by Gasteiger charge is -2.17. The summed E-state index contributed by atoms with van der Waals surface area (Å²) in [5.74, 6) is -0.226. The molecule has 108 valence electrons. The fourth-order valence-corrected chi connectivity index (χ4v) is 2.51. The number of hydrogen-bond donors (Lipinski definition) is 0. The Labute approximate surface area is 119 Å². The molecular formula is C13H17FN4OS. The summed E-state index contributed by atoms with van der Waals surface area (Å²) >= 11 is 0. The number of hydrogen-bond acceptors (Lipinski definition) is 4. The highest BCUT2D eigenvalue weighted by atomic mass is 32.2. The highest BCUT2D eigenvalue weighted by Gasteiger charge is 2.08. The molecule has 1 aromatic heterocycles. The fourth-order valence-electron chi connectivity index (χ4n) is 1.88. The first-order chi connectivity index (χ1) is 9.56. The van der Waals surface area contributed by atoms with Crippen LogP contribution in [0, 0.1) is 5.82 Å². The Morgan fingerprint density at radius 3 is 2.70 bits per heavy atom. The molecule has 0 bridgehead atoms. The average molecular weight is 296 g/mol. The molecule has 20 heavy (non-hydrogen) atoms. The van der Waals surface area contributed by atoms with Gasteiger partial charge in [-0.2, -0.15) is 0 Å². The minimum absolute atomic E-state index is 0.226. The van der Waals surface area contributed by atoms with Crippen molar-refractivity contribution in [2.75, 3.05) is 19.8 Å². The Morgan fingerprint density at radius 2 is 2.05 bits per heavy atom. The maximum atomic E-state index is 12.8. The molecule has 0 spiro atoms. The van der Waals surface area contributed by atoms with Crippen molar-refractivity contribution in [1.29, 1.82) is 0 Å². The summed E-state index contributed by atoms with van der Waals surface area (Å²) in [6, 6.07) is 6.47. The fraction of sp³-hybridized carbons (Fsp3) is 0.385. The first-order valence-electron chi connectivity index (χ1n) is 6.20. The van der Waals surface area contributed by atoms with E-state index >= 15 is 0 Å².